The van der Waals surface area contributed by atoms with E-state index in [4.69, 9.17) is 4.74 Å². The van der Waals surface area contributed by atoms with Gasteiger partial charge < -0.3 is 14.7 Å². The maximum atomic E-state index is 11.3. The molecule has 0 radical (unpaired) electrons. The first-order valence-electron chi connectivity index (χ1n) is 8.73. The molecule has 0 spiro atoms. The topological polar surface area (TPSA) is 78.9 Å². The molecule has 142 valence electrons. The zero-order chi connectivity index (χ0) is 18.6. The van der Waals surface area contributed by atoms with Crippen LogP contribution in [0.3, 0.4) is 0 Å². The Morgan fingerprint density at radius 1 is 1.24 bits per heavy atom. The third-order valence-corrected chi connectivity index (χ3v) is 5.49. The smallest absolute Gasteiger partial charge is 0.208 e. The predicted molar refractivity (Wildman–Crippen MR) is 99.6 cm³/mol. The number of sulfonamides is 1. The van der Waals surface area contributed by atoms with Gasteiger partial charge in [-0.3, -0.25) is 0 Å². The predicted octanol–water partition coefficient (Wildman–Crippen LogP) is 1.37. The van der Waals surface area contributed by atoms with Crippen LogP contribution >= 0.6 is 0 Å². The lowest BCUT2D eigenvalue weighted by Crippen LogP contribution is -2.46. The summed E-state index contributed by atoms with van der Waals surface area (Å²) in [5, 5.41) is 10.3. The Morgan fingerprint density at radius 2 is 1.84 bits per heavy atom. The molecule has 0 bridgehead atoms. The number of aliphatic hydroxyl groups is 1. The molecule has 0 aliphatic carbocycles. The second-order valence-electron chi connectivity index (χ2n) is 7.08. The Morgan fingerprint density at radius 3 is 2.44 bits per heavy atom. The zero-order valence-electron chi connectivity index (χ0n) is 15.6. The number of aryl methyl sites for hydroxylation is 2. The van der Waals surface area contributed by atoms with Crippen molar-refractivity contribution in [2.45, 2.75) is 45.8 Å². The Kier molecular flexibility index (Phi) is 6.85. The van der Waals surface area contributed by atoms with Gasteiger partial charge in [0.2, 0.25) is 10.0 Å². The van der Waals surface area contributed by atoms with Gasteiger partial charge in [0, 0.05) is 12.6 Å². The van der Waals surface area contributed by atoms with E-state index in [9.17, 15) is 13.5 Å². The highest BCUT2D eigenvalue weighted by Crippen LogP contribution is 2.25. The lowest BCUT2D eigenvalue weighted by molar-refractivity contribution is 0.0586. The lowest BCUT2D eigenvalue weighted by atomic mass is 10.1. The molecule has 2 rings (SSSR count). The molecule has 0 amide bonds. The number of ether oxygens (including phenoxy) is 1. The van der Waals surface area contributed by atoms with E-state index in [1.54, 1.807) is 0 Å². The van der Waals surface area contributed by atoms with Crippen molar-refractivity contribution in [2.75, 3.05) is 32.5 Å². The minimum absolute atomic E-state index is 0.00256. The van der Waals surface area contributed by atoms with Crippen LogP contribution in [0, 0.1) is 20.8 Å². The molecule has 2 N–H and O–H groups in total. The van der Waals surface area contributed by atoms with E-state index in [-0.39, 0.29) is 12.6 Å². The van der Waals surface area contributed by atoms with Crippen molar-refractivity contribution in [3.05, 3.63) is 28.8 Å². The number of nitrogens with one attached hydrogen (secondary N) is 1. The number of hydrogen-bond acceptors (Lipinski definition) is 5. The summed E-state index contributed by atoms with van der Waals surface area (Å²) < 4.78 is 31.1. The van der Waals surface area contributed by atoms with Crippen molar-refractivity contribution in [1.82, 2.24) is 9.62 Å². The van der Waals surface area contributed by atoms with Crippen molar-refractivity contribution < 1.29 is 18.3 Å². The molecular formula is C18H30N2O4S. The van der Waals surface area contributed by atoms with Gasteiger partial charge in [-0.15, -0.1) is 0 Å². The van der Waals surface area contributed by atoms with Gasteiger partial charge in [0.15, 0.2) is 0 Å². The summed E-state index contributed by atoms with van der Waals surface area (Å²) >= 11 is 0. The highest BCUT2D eigenvalue weighted by Gasteiger charge is 2.23. The first-order valence-corrected chi connectivity index (χ1v) is 10.6. The molecular weight excluding hydrogens is 340 g/mol. The summed E-state index contributed by atoms with van der Waals surface area (Å²) in [6.07, 6.45) is 2.14. The van der Waals surface area contributed by atoms with Crippen LogP contribution in [0.15, 0.2) is 12.1 Å². The fraction of sp³-hybridized carbons (Fsp3) is 0.667. The number of piperidine rings is 1. The summed E-state index contributed by atoms with van der Waals surface area (Å²) in [5.41, 5.74) is 3.36. The Labute approximate surface area is 151 Å². The third kappa shape index (κ3) is 6.26. The second-order valence-corrected chi connectivity index (χ2v) is 8.86. The van der Waals surface area contributed by atoms with Gasteiger partial charge in [-0.1, -0.05) is 12.1 Å². The molecule has 6 nitrogen and oxygen atoms in total. The number of nitrogens with zero attached hydrogens (tertiary/aromatic N) is 1. The highest BCUT2D eigenvalue weighted by atomic mass is 32.2. The van der Waals surface area contributed by atoms with E-state index in [0.717, 1.165) is 42.8 Å². The van der Waals surface area contributed by atoms with E-state index in [2.05, 4.69) is 15.7 Å². The van der Waals surface area contributed by atoms with Crippen molar-refractivity contribution in [1.29, 1.82) is 0 Å². The molecule has 1 saturated heterocycles. The third-order valence-electron chi connectivity index (χ3n) is 4.73. The summed E-state index contributed by atoms with van der Waals surface area (Å²) in [6, 6.07) is 4.10. The SMILES string of the molecule is Cc1ccc(C)c(OCC(O)CN2CCC(NS(C)(=O)=O)CC2)c1C. The molecule has 0 saturated carbocycles. The first kappa shape index (κ1) is 20.2. The average molecular weight is 371 g/mol. The van der Waals surface area contributed by atoms with E-state index < -0.39 is 16.1 Å². The summed E-state index contributed by atoms with van der Waals surface area (Å²) in [5.74, 6) is 0.857. The molecule has 1 aromatic rings. The molecule has 0 aromatic heterocycles. The van der Waals surface area contributed by atoms with Crippen LogP contribution in [-0.2, 0) is 10.0 Å². The maximum absolute atomic E-state index is 11.3. The molecule has 25 heavy (non-hydrogen) atoms. The number of hydrogen-bond donors (Lipinski definition) is 2. The van der Waals surface area contributed by atoms with Crippen molar-refractivity contribution >= 4 is 10.0 Å². The standard InChI is InChI=1S/C18H30N2O4S/c1-13-5-6-14(2)18(15(13)3)24-12-17(21)11-20-9-7-16(8-10-20)19-25(4,22)23/h5-6,16-17,19,21H,7-12H2,1-4H3. The second kappa shape index (κ2) is 8.49. The lowest BCUT2D eigenvalue weighted by Gasteiger charge is -2.33. The molecule has 7 heteroatoms. The molecule has 1 aliphatic heterocycles. The van der Waals surface area contributed by atoms with Gasteiger partial charge in [0.05, 0.1) is 6.26 Å². The van der Waals surface area contributed by atoms with E-state index in [1.807, 2.05) is 26.8 Å². The molecule has 1 atom stereocenters. The number of benzene rings is 1. The Bertz CT molecular complexity index is 683. The molecule has 1 unspecified atom stereocenters. The van der Waals surface area contributed by atoms with Gasteiger partial charge in [0.25, 0.3) is 0 Å². The Hall–Kier alpha value is -1.15. The van der Waals surface area contributed by atoms with Gasteiger partial charge in [-0.25, -0.2) is 13.1 Å². The summed E-state index contributed by atoms with van der Waals surface area (Å²) in [7, 11) is -3.15. The summed E-state index contributed by atoms with van der Waals surface area (Å²) in [6.45, 7) is 8.42. The number of β-amino-alcohol motifs (C(OH)–C–C–N with tert-alkyl or cyclic N) is 1. The molecule has 1 aromatic carbocycles. The molecule has 1 fully saturated rings. The minimum Gasteiger partial charge on any atom is -0.490 e. The number of likely N-dealkylation sites (tertiary alicyclic amines) is 1. The van der Waals surface area contributed by atoms with Crippen LogP contribution in [0.1, 0.15) is 29.5 Å². The van der Waals surface area contributed by atoms with Crippen LogP contribution in [0.2, 0.25) is 0 Å². The van der Waals surface area contributed by atoms with Crippen LogP contribution < -0.4 is 9.46 Å². The van der Waals surface area contributed by atoms with Crippen molar-refractivity contribution in [3.63, 3.8) is 0 Å². The van der Waals surface area contributed by atoms with Crippen molar-refractivity contribution in [2.24, 2.45) is 0 Å². The van der Waals surface area contributed by atoms with Gasteiger partial charge in [-0.05, 0) is 63.4 Å². The van der Waals surface area contributed by atoms with Gasteiger partial charge in [0.1, 0.15) is 18.5 Å². The van der Waals surface area contributed by atoms with Crippen LogP contribution in [0.25, 0.3) is 0 Å². The Balaban J connectivity index is 1.78. The van der Waals surface area contributed by atoms with Crippen molar-refractivity contribution in [3.8, 4) is 5.75 Å². The minimum atomic E-state index is -3.15. The normalized spacial score (nSPS) is 18.3. The largest absolute Gasteiger partial charge is 0.490 e. The summed E-state index contributed by atoms with van der Waals surface area (Å²) in [4.78, 5) is 2.16. The van der Waals surface area contributed by atoms with E-state index >= 15 is 0 Å². The fourth-order valence-electron chi connectivity index (χ4n) is 3.21. The maximum Gasteiger partial charge on any atom is 0.208 e. The average Bonchev–Trinajstić information content (AvgIpc) is 2.51. The first-order chi connectivity index (χ1) is 11.7. The number of rotatable bonds is 7. The van der Waals surface area contributed by atoms with Crippen LogP contribution in [-0.4, -0.2) is 63.1 Å². The fourth-order valence-corrected chi connectivity index (χ4v) is 4.06. The van der Waals surface area contributed by atoms with Gasteiger partial charge in [-0.2, -0.15) is 0 Å². The van der Waals surface area contributed by atoms with Crippen LogP contribution in [0.5, 0.6) is 5.75 Å². The zero-order valence-corrected chi connectivity index (χ0v) is 16.4. The monoisotopic (exact) mass is 370 g/mol. The van der Waals surface area contributed by atoms with Gasteiger partial charge >= 0.3 is 0 Å². The number of aliphatic hydroxyl groups excluding tert-OH is 1. The van der Waals surface area contributed by atoms with E-state index in [0.29, 0.717) is 6.54 Å². The highest BCUT2D eigenvalue weighted by molar-refractivity contribution is 7.88. The van der Waals surface area contributed by atoms with E-state index in [1.165, 1.54) is 11.8 Å². The molecule has 1 heterocycles. The quantitative estimate of drug-likeness (QED) is 0.758. The van der Waals surface area contributed by atoms with Crippen LogP contribution in [0.4, 0.5) is 0 Å². The molecule has 1 aliphatic rings.